The Morgan fingerprint density at radius 2 is 2.11 bits per heavy atom. The van der Waals surface area contributed by atoms with Gasteiger partial charge in [0.2, 0.25) is 10.0 Å². The van der Waals surface area contributed by atoms with E-state index in [2.05, 4.69) is 5.32 Å². The molecule has 0 aromatic heterocycles. The van der Waals surface area contributed by atoms with Crippen LogP contribution in [-0.2, 0) is 10.0 Å². The van der Waals surface area contributed by atoms with Crippen molar-refractivity contribution in [1.29, 1.82) is 0 Å². The summed E-state index contributed by atoms with van der Waals surface area (Å²) in [6, 6.07) is 3.83. The highest BCUT2D eigenvalue weighted by molar-refractivity contribution is 7.89. The molecule has 0 radical (unpaired) electrons. The van der Waals surface area contributed by atoms with Gasteiger partial charge in [-0.15, -0.1) is 0 Å². The van der Waals surface area contributed by atoms with Crippen LogP contribution in [-0.4, -0.2) is 20.9 Å². The molecule has 1 aromatic carbocycles. The third kappa shape index (κ3) is 3.92. The first-order valence-electron chi connectivity index (χ1n) is 5.98. The monoisotopic (exact) mass is 302 g/mol. The molecule has 1 aromatic rings. The lowest BCUT2D eigenvalue weighted by Crippen LogP contribution is -2.25. The number of benzene rings is 1. The van der Waals surface area contributed by atoms with Crippen molar-refractivity contribution in [2.75, 3.05) is 6.54 Å². The van der Waals surface area contributed by atoms with Gasteiger partial charge < -0.3 is 5.32 Å². The normalized spacial score (nSPS) is 15.3. The summed E-state index contributed by atoms with van der Waals surface area (Å²) in [6.45, 7) is 0.569. The zero-order chi connectivity index (χ0) is 14.0. The fourth-order valence-corrected chi connectivity index (χ4v) is 2.49. The molecule has 1 aliphatic rings. The van der Waals surface area contributed by atoms with Crippen LogP contribution >= 0.6 is 11.6 Å². The molecule has 1 saturated carbocycles. The van der Waals surface area contributed by atoms with Crippen LogP contribution in [0.5, 0.6) is 0 Å². The van der Waals surface area contributed by atoms with Crippen molar-refractivity contribution < 1.29 is 13.2 Å². The number of nitrogens with two attached hydrogens (primary N) is 1. The van der Waals surface area contributed by atoms with E-state index in [1.807, 2.05) is 0 Å². The molecule has 0 atom stereocenters. The molecule has 1 amide bonds. The van der Waals surface area contributed by atoms with E-state index in [4.69, 9.17) is 16.7 Å². The number of amides is 1. The van der Waals surface area contributed by atoms with Gasteiger partial charge in [0.05, 0.1) is 15.5 Å². The van der Waals surface area contributed by atoms with E-state index >= 15 is 0 Å². The number of rotatable bonds is 5. The summed E-state index contributed by atoms with van der Waals surface area (Å²) in [5.74, 6) is 0.336. The first kappa shape index (κ1) is 14.3. The molecule has 19 heavy (non-hydrogen) atoms. The van der Waals surface area contributed by atoms with Crippen LogP contribution in [0.3, 0.4) is 0 Å². The van der Waals surface area contributed by atoms with Crippen molar-refractivity contribution in [1.82, 2.24) is 5.32 Å². The number of primary sulfonamides is 1. The molecule has 2 rings (SSSR count). The van der Waals surface area contributed by atoms with Crippen LogP contribution in [0.15, 0.2) is 23.1 Å². The van der Waals surface area contributed by atoms with Crippen molar-refractivity contribution in [3.8, 4) is 0 Å². The second-order valence-electron chi connectivity index (χ2n) is 4.67. The number of hydrogen-bond donors (Lipinski definition) is 2. The maximum absolute atomic E-state index is 11.9. The lowest BCUT2D eigenvalue weighted by Gasteiger charge is -2.08. The van der Waals surface area contributed by atoms with E-state index in [0.29, 0.717) is 12.5 Å². The molecule has 104 valence electrons. The highest BCUT2D eigenvalue weighted by Gasteiger charge is 2.21. The molecule has 0 saturated heterocycles. The van der Waals surface area contributed by atoms with Crippen LogP contribution in [0, 0.1) is 5.92 Å². The Morgan fingerprint density at radius 3 is 2.68 bits per heavy atom. The van der Waals surface area contributed by atoms with E-state index in [9.17, 15) is 13.2 Å². The second-order valence-corrected chi connectivity index (χ2v) is 6.64. The molecule has 0 spiro atoms. The number of sulfonamides is 1. The first-order valence-corrected chi connectivity index (χ1v) is 7.91. The minimum Gasteiger partial charge on any atom is -0.352 e. The maximum Gasteiger partial charge on any atom is 0.252 e. The third-order valence-corrected chi connectivity index (χ3v) is 4.29. The van der Waals surface area contributed by atoms with Gasteiger partial charge in [-0.1, -0.05) is 24.4 Å². The molecular formula is C12H15ClN2O3S. The van der Waals surface area contributed by atoms with Crippen molar-refractivity contribution >= 4 is 27.5 Å². The summed E-state index contributed by atoms with van der Waals surface area (Å²) in [6.07, 6.45) is 3.38. The third-order valence-electron chi connectivity index (χ3n) is 3.05. The minimum absolute atomic E-state index is 0.121. The van der Waals surface area contributed by atoms with Gasteiger partial charge in [-0.3, -0.25) is 4.79 Å². The summed E-state index contributed by atoms with van der Waals surface area (Å²) < 4.78 is 22.5. The summed E-state index contributed by atoms with van der Waals surface area (Å²) >= 11 is 5.90. The van der Waals surface area contributed by atoms with Crippen LogP contribution in [0.25, 0.3) is 0 Å². The Balaban J connectivity index is 2.10. The Bertz CT molecular complexity index is 597. The SMILES string of the molecule is NS(=O)(=O)c1ccc(Cl)c(C(=O)NCCC2CC2)c1. The highest BCUT2D eigenvalue weighted by Crippen LogP contribution is 2.31. The summed E-state index contributed by atoms with van der Waals surface area (Å²) in [4.78, 5) is 11.8. The standard InChI is InChI=1S/C12H15ClN2O3S/c13-11-4-3-9(19(14,17)18)7-10(11)12(16)15-6-5-8-1-2-8/h3-4,7-8H,1-2,5-6H2,(H,15,16)(H2,14,17,18). The van der Waals surface area contributed by atoms with E-state index in [-0.39, 0.29) is 21.4 Å². The van der Waals surface area contributed by atoms with Crippen LogP contribution in [0.4, 0.5) is 0 Å². The van der Waals surface area contributed by atoms with Gasteiger partial charge in [-0.25, -0.2) is 13.6 Å². The van der Waals surface area contributed by atoms with Crippen molar-refractivity contribution in [2.45, 2.75) is 24.2 Å². The van der Waals surface area contributed by atoms with Gasteiger partial charge in [0.1, 0.15) is 0 Å². The summed E-state index contributed by atoms with van der Waals surface area (Å²) in [7, 11) is -3.84. The molecule has 1 fully saturated rings. The van der Waals surface area contributed by atoms with Crippen LogP contribution < -0.4 is 10.5 Å². The van der Waals surface area contributed by atoms with Gasteiger partial charge in [0.15, 0.2) is 0 Å². The zero-order valence-electron chi connectivity index (χ0n) is 10.2. The lowest BCUT2D eigenvalue weighted by molar-refractivity contribution is 0.0952. The zero-order valence-corrected chi connectivity index (χ0v) is 11.8. The molecule has 0 bridgehead atoms. The van der Waals surface area contributed by atoms with Crippen LogP contribution in [0.1, 0.15) is 29.6 Å². The molecule has 0 unspecified atom stereocenters. The van der Waals surface area contributed by atoms with E-state index < -0.39 is 10.0 Å². The topological polar surface area (TPSA) is 89.3 Å². The highest BCUT2D eigenvalue weighted by atomic mass is 35.5. The fourth-order valence-electron chi connectivity index (χ4n) is 1.75. The smallest absolute Gasteiger partial charge is 0.252 e. The average Bonchev–Trinajstić information content (AvgIpc) is 3.12. The van der Waals surface area contributed by atoms with Gasteiger partial charge >= 0.3 is 0 Å². The Labute approximate surface area is 117 Å². The Morgan fingerprint density at radius 1 is 1.42 bits per heavy atom. The number of carbonyl (C=O) groups is 1. The summed E-state index contributed by atoms with van der Waals surface area (Å²) in [5.41, 5.74) is 0.129. The molecule has 0 aliphatic heterocycles. The van der Waals surface area contributed by atoms with Crippen LogP contribution in [0.2, 0.25) is 5.02 Å². The molecule has 7 heteroatoms. The van der Waals surface area contributed by atoms with Gasteiger partial charge in [-0.2, -0.15) is 0 Å². The molecular weight excluding hydrogens is 288 g/mol. The van der Waals surface area contributed by atoms with E-state index in [0.717, 1.165) is 6.42 Å². The van der Waals surface area contributed by atoms with Gasteiger partial charge in [-0.05, 0) is 30.5 Å². The number of halogens is 1. The molecule has 3 N–H and O–H groups in total. The van der Waals surface area contributed by atoms with E-state index in [1.165, 1.54) is 31.0 Å². The second kappa shape index (κ2) is 5.48. The Kier molecular flexibility index (Phi) is 4.13. The predicted molar refractivity (Wildman–Crippen MR) is 72.5 cm³/mol. The molecule has 5 nitrogen and oxygen atoms in total. The quantitative estimate of drug-likeness (QED) is 0.864. The van der Waals surface area contributed by atoms with E-state index in [1.54, 1.807) is 0 Å². The van der Waals surface area contributed by atoms with Gasteiger partial charge in [0, 0.05) is 6.54 Å². The number of carbonyl (C=O) groups excluding carboxylic acids is 1. The van der Waals surface area contributed by atoms with Crippen molar-refractivity contribution in [3.63, 3.8) is 0 Å². The van der Waals surface area contributed by atoms with Gasteiger partial charge in [0.25, 0.3) is 5.91 Å². The Hall–Kier alpha value is -1.11. The lowest BCUT2D eigenvalue weighted by atomic mass is 10.2. The molecule has 0 heterocycles. The molecule has 1 aliphatic carbocycles. The van der Waals surface area contributed by atoms with Crippen molar-refractivity contribution in [2.24, 2.45) is 11.1 Å². The average molecular weight is 303 g/mol. The maximum atomic E-state index is 11.9. The first-order chi connectivity index (χ1) is 8.88. The predicted octanol–water partition coefficient (Wildman–Crippen LogP) is 1.52. The fraction of sp³-hybridized carbons (Fsp3) is 0.417. The largest absolute Gasteiger partial charge is 0.352 e. The van der Waals surface area contributed by atoms with Crippen molar-refractivity contribution in [3.05, 3.63) is 28.8 Å². The number of nitrogens with one attached hydrogen (secondary N) is 1. The minimum atomic E-state index is -3.84. The summed E-state index contributed by atoms with van der Waals surface area (Å²) in [5, 5.41) is 7.96. The number of hydrogen-bond acceptors (Lipinski definition) is 3.